The Morgan fingerprint density at radius 1 is 1.11 bits per heavy atom. The lowest BCUT2D eigenvalue weighted by molar-refractivity contribution is 0.0953. The number of rotatable bonds is 7. The molecular formula is C18H22ClN5O3S. The second-order valence-corrected chi connectivity index (χ2v) is 8.90. The van der Waals surface area contributed by atoms with Crippen molar-refractivity contribution in [1.29, 1.82) is 0 Å². The molecule has 1 aliphatic heterocycles. The van der Waals surface area contributed by atoms with Crippen LogP contribution >= 0.6 is 11.6 Å². The number of hydrogen-bond donors (Lipinski definition) is 1. The van der Waals surface area contributed by atoms with Crippen molar-refractivity contribution in [2.75, 3.05) is 43.4 Å². The number of halogens is 1. The Balaban J connectivity index is 1.43. The Hall–Kier alpha value is -2.23. The molecule has 1 amide bonds. The van der Waals surface area contributed by atoms with Crippen LogP contribution in [0.3, 0.4) is 0 Å². The molecule has 28 heavy (non-hydrogen) atoms. The molecular weight excluding hydrogens is 402 g/mol. The minimum atomic E-state index is -3.36. The van der Waals surface area contributed by atoms with E-state index in [9.17, 15) is 13.2 Å². The van der Waals surface area contributed by atoms with Gasteiger partial charge in [-0.1, -0.05) is 17.7 Å². The van der Waals surface area contributed by atoms with Crippen molar-refractivity contribution in [2.24, 2.45) is 0 Å². The van der Waals surface area contributed by atoms with Gasteiger partial charge in [0.05, 0.1) is 5.75 Å². The van der Waals surface area contributed by atoms with Crippen molar-refractivity contribution in [3.05, 3.63) is 53.3 Å². The molecule has 8 nitrogen and oxygen atoms in total. The van der Waals surface area contributed by atoms with Crippen molar-refractivity contribution in [1.82, 2.24) is 19.6 Å². The van der Waals surface area contributed by atoms with E-state index in [-0.39, 0.29) is 18.2 Å². The third-order valence-electron chi connectivity index (χ3n) is 4.42. The van der Waals surface area contributed by atoms with Gasteiger partial charge in [0.25, 0.3) is 5.91 Å². The topological polar surface area (TPSA) is 95.5 Å². The van der Waals surface area contributed by atoms with Crippen molar-refractivity contribution in [2.45, 2.75) is 6.42 Å². The first-order valence-electron chi connectivity index (χ1n) is 8.99. The third-order valence-corrected chi connectivity index (χ3v) is 6.61. The smallest absolute Gasteiger partial charge is 0.251 e. The average molecular weight is 424 g/mol. The normalized spacial score (nSPS) is 15.4. The van der Waals surface area contributed by atoms with Crippen LogP contribution in [0.1, 0.15) is 16.8 Å². The maximum atomic E-state index is 12.5. The van der Waals surface area contributed by atoms with Crippen molar-refractivity contribution in [3.8, 4) is 0 Å². The molecule has 2 aromatic rings. The molecule has 10 heteroatoms. The quantitative estimate of drug-likeness (QED) is 0.676. The zero-order valence-electron chi connectivity index (χ0n) is 15.3. The van der Waals surface area contributed by atoms with Gasteiger partial charge in [0.1, 0.15) is 0 Å². The largest absolute Gasteiger partial charge is 0.352 e. The molecule has 0 atom stereocenters. The van der Waals surface area contributed by atoms with Crippen LogP contribution < -0.4 is 10.2 Å². The molecule has 0 spiro atoms. The molecule has 0 radical (unpaired) electrons. The van der Waals surface area contributed by atoms with Crippen molar-refractivity contribution >= 4 is 33.5 Å². The highest BCUT2D eigenvalue weighted by atomic mass is 35.5. The fourth-order valence-electron chi connectivity index (χ4n) is 2.94. The van der Waals surface area contributed by atoms with E-state index >= 15 is 0 Å². The number of nitrogens with one attached hydrogen (secondary N) is 1. The molecule has 1 N–H and O–H groups in total. The van der Waals surface area contributed by atoms with E-state index in [2.05, 4.69) is 15.3 Å². The van der Waals surface area contributed by atoms with Crippen molar-refractivity contribution in [3.63, 3.8) is 0 Å². The summed E-state index contributed by atoms with van der Waals surface area (Å²) in [5.41, 5.74) is 0.453. The second-order valence-electron chi connectivity index (χ2n) is 6.37. The number of anilines is 1. The Morgan fingerprint density at radius 2 is 1.82 bits per heavy atom. The van der Waals surface area contributed by atoms with Gasteiger partial charge in [-0.15, -0.1) is 0 Å². The number of aromatic nitrogens is 2. The maximum absolute atomic E-state index is 12.5. The average Bonchev–Trinajstić information content (AvgIpc) is 2.72. The lowest BCUT2D eigenvalue weighted by Gasteiger charge is -2.33. The van der Waals surface area contributed by atoms with Crippen LogP contribution in [0.5, 0.6) is 0 Å². The number of amides is 1. The Labute approximate surface area is 169 Å². The molecule has 0 unspecified atom stereocenters. The predicted molar refractivity (Wildman–Crippen MR) is 108 cm³/mol. The summed E-state index contributed by atoms with van der Waals surface area (Å²) in [6.07, 6.45) is 3.68. The molecule has 0 bridgehead atoms. The lowest BCUT2D eigenvalue weighted by Crippen LogP contribution is -2.49. The summed E-state index contributed by atoms with van der Waals surface area (Å²) in [5.74, 6) is 0.338. The highest BCUT2D eigenvalue weighted by Crippen LogP contribution is 2.13. The van der Waals surface area contributed by atoms with E-state index in [1.807, 2.05) is 4.90 Å². The standard InChI is InChI=1S/C18H22ClN5O3S/c19-16-5-1-4-15(14-16)17(25)20-8-3-13-28(26,27)24-11-9-23(10-12-24)18-21-6-2-7-22-18/h1-2,4-7,14H,3,8-13H2,(H,20,25). The Kier molecular flexibility index (Phi) is 6.82. The van der Waals surface area contributed by atoms with Gasteiger partial charge in [-0.25, -0.2) is 18.4 Å². The SMILES string of the molecule is O=C(NCCCS(=O)(=O)N1CCN(c2ncccn2)CC1)c1cccc(Cl)c1. The van der Waals surface area contributed by atoms with Gasteiger partial charge < -0.3 is 10.2 Å². The molecule has 1 aromatic heterocycles. The molecule has 3 rings (SSSR count). The molecule has 1 saturated heterocycles. The first-order chi connectivity index (χ1) is 13.5. The molecule has 0 saturated carbocycles. The number of sulfonamides is 1. The van der Waals surface area contributed by atoms with Gasteiger partial charge in [-0.2, -0.15) is 4.31 Å². The number of carbonyl (C=O) groups excluding carboxylic acids is 1. The number of piperazine rings is 1. The van der Waals surface area contributed by atoms with Crippen LogP contribution in [0.4, 0.5) is 5.95 Å². The van der Waals surface area contributed by atoms with Crippen LogP contribution in [-0.2, 0) is 10.0 Å². The minimum Gasteiger partial charge on any atom is -0.352 e. The molecule has 1 fully saturated rings. The second kappa shape index (κ2) is 9.31. The third kappa shape index (κ3) is 5.40. The Morgan fingerprint density at radius 3 is 2.50 bits per heavy atom. The van der Waals surface area contributed by atoms with Gasteiger partial charge >= 0.3 is 0 Å². The van der Waals surface area contributed by atoms with E-state index < -0.39 is 10.0 Å². The summed E-state index contributed by atoms with van der Waals surface area (Å²) in [6.45, 7) is 2.18. The zero-order valence-corrected chi connectivity index (χ0v) is 16.9. The van der Waals surface area contributed by atoms with E-state index in [0.717, 1.165) is 0 Å². The molecule has 1 aliphatic rings. The summed E-state index contributed by atoms with van der Waals surface area (Å²) in [5, 5.41) is 3.21. The summed E-state index contributed by atoms with van der Waals surface area (Å²) in [6, 6.07) is 8.36. The van der Waals surface area contributed by atoms with Gasteiger partial charge in [-0.3, -0.25) is 4.79 Å². The van der Waals surface area contributed by atoms with E-state index in [0.29, 0.717) is 49.1 Å². The summed E-state index contributed by atoms with van der Waals surface area (Å²) in [7, 11) is -3.36. The number of carbonyl (C=O) groups is 1. The Bertz CT molecular complexity index is 902. The van der Waals surface area contributed by atoms with Crippen LogP contribution in [0, 0.1) is 0 Å². The molecule has 0 aliphatic carbocycles. The highest BCUT2D eigenvalue weighted by Gasteiger charge is 2.27. The first kappa shape index (κ1) is 20.5. The summed E-state index contributed by atoms with van der Waals surface area (Å²) >= 11 is 5.87. The molecule has 1 aromatic carbocycles. The van der Waals surface area contributed by atoms with Gasteiger partial charge in [-0.05, 0) is 30.7 Å². The van der Waals surface area contributed by atoms with Gasteiger partial charge in [0.15, 0.2) is 0 Å². The highest BCUT2D eigenvalue weighted by molar-refractivity contribution is 7.89. The lowest BCUT2D eigenvalue weighted by atomic mass is 10.2. The van der Waals surface area contributed by atoms with Crippen LogP contribution in [-0.4, -0.2) is 67.1 Å². The monoisotopic (exact) mass is 423 g/mol. The number of nitrogens with zero attached hydrogens (tertiary/aromatic N) is 4. The zero-order chi connectivity index (χ0) is 20.0. The van der Waals surface area contributed by atoms with E-state index in [4.69, 9.17) is 11.6 Å². The maximum Gasteiger partial charge on any atom is 0.251 e. The predicted octanol–water partition coefficient (Wildman–Crippen LogP) is 1.40. The van der Waals surface area contributed by atoms with E-state index in [1.54, 1.807) is 42.7 Å². The van der Waals surface area contributed by atoms with Crippen LogP contribution in [0.25, 0.3) is 0 Å². The number of hydrogen-bond acceptors (Lipinski definition) is 6. The van der Waals surface area contributed by atoms with Crippen LogP contribution in [0.2, 0.25) is 5.02 Å². The molecule has 2 heterocycles. The fraction of sp³-hybridized carbons (Fsp3) is 0.389. The first-order valence-corrected chi connectivity index (χ1v) is 11.0. The minimum absolute atomic E-state index is 0.00926. The van der Waals surface area contributed by atoms with Crippen LogP contribution in [0.15, 0.2) is 42.7 Å². The van der Waals surface area contributed by atoms with Crippen molar-refractivity contribution < 1.29 is 13.2 Å². The summed E-state index contributed by atoms with van der Waals surface area (Å²) in [4.78, 5) is 22.4. The fourth-order valence-corrected chi connectivity index (χ4v) is 4.62. The number of benzene rings is 1. The molecule has 150 valence electrons. The van der Waals surface area contributed by atoms with E-state index in [1.165, 1.54) is 4.31 Å². The van der Waals surface area contributed by atoms with Gasteiger partial charge in [0, 0.05) is 55.7 Å². The summed E-state index contributed by atoms with van der Waals surface area (Å²) < 4.78 is 26.6. The van der Waals surface area contributed by atoms with Gasteiger partial charge in [0.2, 0.25) is 16.0 Å².